The third-order valence-corrected chi connectivity index (χ3v) is 3.32. The van der Waals surface area contributed by atoms with E-state index < -0.39 is 0 Å². The molecule has 4 nitrogen and oxygen atoms in total. The van der Waals surface area contributed by atoms with Crippen molar-refractivity contribution in [3.8, 4) is 0 Å². The summed E-state index contributed by atoms with van der Waals surface area (Å²) in [4.78, 5) is 0. The standard InChI is InChI=1S/C10H12Br2N4/c1-3-15-8(4-7(2)13-15)6-16-10(12)5-9(11)14-16/h4-5H,3,6H2,1-2H3. The molecule has 2 heterocycles. The van der Waals surface area contributed by atoms with Gasteiger partial charge in [-0.05, 0) is 51.8 Å². The van der Waals surface area contributed by atoms with Crippen molar-refractivity contribution in [3.05, 3.63) is 32.7 Å². The molecule has 0 saturated heterocycles. The first-order valence-corrected chi connectivity index (χ1v) is 6.61. The molecule has 2 aromatic rings. The molecule has 86 valence electrons. The molecule has 0 bridgehead atoms. The van der Waals surface area contributed by atoms with Crippen molar-refractivity contribution in [2.24, 2.45) is 0 Å². The summed E-state index contributed by atoms with van der Waals surface area (Å²) in [7, 11) is 0. The summed E-state index contributed by atoms with van der Waals surface area (Å²) in [5, 5.41) is 8.75. The third kappa shape index (κ3) is 2.38. The Labute approximate surface area is 111 Å². The van der Waals surface area contributed by atoms with Crippen LogP contribution in [-0.4, -0.2) is 19.6 Å². The van der Waals surface area contributed by atoms with Crippen LogP contribution in [0.3, 0.4) is 0 Å². The lowest BCUT2D eigenvalue weighted by Crippen LogP contribution is -2.09. The van der Waals surface area contributed by atoms with Gasteiger partial charge in [0.05, 0.1) is 17.9 Å². The van der Waals surface area contributed by atoms with E-state index in [-0.39, 0.29) is 0 Å². The van der Waals surface area contributed by atoms with Crippen LogP contribution in [0, 0.1) is 6.92 Å². The number of nitrogens with zero attached hydrogens (tertiary/aromatic N) is 4. The number of hydrogen-bond acceptors (Lipinski definition) is 2. The molecule has 0 aliphatic carbocycles. The summed E-state index contributed by atoms with van der Waals surface area (Å²) >= 11 is 6.82. The van der Waals surface area contributed by atoms with Gasteiger partial charge in [-0.25, -0.2) is 0 Å². The van der Waals surface area contributed by atoms with E-state index in [1.54, 1.807) is 0 Å². The van der Waals surface area contributed by atoms with Gasteiger partial charge in [-0.1, -0.05) is 0 Å². The number of aromatic nitrogens is 4. The van der Waals surface area contributed by atoms with E-state index in [2.05, 4.69) is 55.0 Å². The van der Waals surface area contributed by atoms with E-state index in [0.717, 1.165) is 33.7 Å². The molecule has 0 radical (unpaired) electrons. The Morgan fingerprint density at radius 2 is 1.94 bits per heavy atom. The number of halogens is 2. The molecular weight excluding hydrogens is 336 g/mol. The SMILES string of the molecule is CCn1nc(C)cc1Cn1nc(Br)cc1Br. The number of aryl methyl sites for hydroxylation is 2. The lowest BCUT2D eigenvalue weighted by Gasteiger charge is -2.05. The predicted octanol–water partition coefficient (Wildman–Crippen LogP) is 2.98. The van der Waals surface area contributed by atoms with Crippen LogP contribution in [0.4, 0.5) is 0 Å². The molecule has 0 aliphatic heterocycles. The van der Waals surface area contributed by atoms with E-state index in [4.69, 9.17) is 0 Å². The highest BCUT2D eigenvalue weighted by Crippen LogP contribution is 2.18. The minimum Gasteiger partial charge on any atom is -0.268 e. The molecule has 0 fully saturated rings. The first kappa shape index (κ1) is 11.9. The summed E-state index contributed by atoms with van der Waals surface area (Å²) < 4.78 is 5.68. The molecule has 2 rings (SSSR count). The molecule has 0 atom stereocenters. The second-order valence-corrected chi connectivity index (χ2v) is 5.17. The second kappa shape index (κ2) is 4.71. The van der Waals surface area contributed by atoms with Gasteiger partial charge < -0.3 is 0 Å². The Morgan fingerprint density at radius 3 is 2.50 bits per heavy atom. The van der Waals surface area contributed by atoms with Crippen molar-refractivity contribution in [2.75, 3.05) is 0 Å². The lowest BCUT2D eigenvalue weighted by molar-refractivity contribution is 0.569. The molecule has 0 aliphatic rings. The van der Waals surface area contributed by atoms with E-state index in [0.29, 0.717) is 0 Å². The Morgan fingerprint density at radius 1 is 1.19 bits per heavy atom. The van der Waals surface area contributed by atoms with E-state index >= 15 is 0 Å². The first-order valence-electron chi connectivity index (χ1n) is 5.02. The van der Waals surface area contributed by atoms with Crippen LogP contribution in [0.25, 0.3) is 0 Å². The van der Waals surface area contributed by atoms with Gasteiger partial charge in [0.15, 0.2) is 0 Å². The van der Waals surface area contributed by atoms with Crippen LogP contribution in [-0.2, 0) is 13.1 Å². The zero-order chi connectivity index (χ0) is 11.7. The molecule has 6 heteroatoms. The first-order chi connectivity index (χ1) is 7.60. The van der Waals surface area contributed by atoms with Gasteiger partial charge in [-0.3, -0.25) is 9.36 Å². The highest BCUT2D eigenvalue weighted by Gasteiger charge is 2.08. The molecule has 0 unspecified atom stereocenters. The third-order valence-electron chi connectivity index (χ3n) is 2.30. The maximum absolute atomic E-state index is 4.41. The van der Waals surface area contributed by atoms with Crippen LogP contribution in [0.15, 0.2) is 21.3 Å². The quantitative estimate of drug-likeness (QED) is 0.855. The molecule has 0 saturated carbocycles. The molecule has 16 heavy (non-hydrogen) atoms. The average molecular weight is 348 g/mol. The largest absolute Gasteiger partial charge is 0.268 e. The lowest BCUT2D eigenvalue weighted by atomic mass is 10.3. The smallest absolute Gasteiger partial charge is 0.129 e. The van der Waals surface area contributed by atoms with Crippen LogP contribution >= 0.6 is 31.9 Å². The number of rotatable bonds is 3. The monoisotopic (exact) mass is 346 g/mol. The van der Waals surface area contributed by atoms with Crippen LogP contribution in [0.2, 0.25) is 0 Å². The Kier molecular flexibility index (Phi) is 3.49. The number of hydrogen-bond donors (Lipinski definition) is 0. The fourth-order valence-corrected chi connectivity index (χ4v) is 2.77. The van der Waals surface area contributed by atoms with Crippen molar-refractivity contribution in [2.45, 2.75) is 26.9 Å². The summed E-state index contributed by atoms with van der Waals surface area (Å²) in [5.74, 6) is 0. The van der Waals surface area contributed by atoms with E-state index in [1.807, 2.05) is 22.4 Å². The normalized spacial score (nSPS) is 11.0. The Hall–Kier alpha value is -0.620. The maximum Gasteiger partial charge on any atom is 0.129 e. The molecule has 0 amide bonds. The van der Waals surface area contributed by atoms with Gasteiger partial charge in [-0.15, -0.1) is 0 Å². The Bertz CT molecular complexity index is 501. The highest BCUT2D eigenvalue weighted by atomic mass is 79.9. The van der Waals surface area contributed by atoms with E-state index in [9.17, 15) is 0 Å². The minimum absolute atomic E-state index is 0.723. The summed E-state index contributed by atoms with van der Waals surface area (Å²) in [5.41, 5.74) is 2.20. The fourth-order valence-electron chi connectivity index (χ4n) is 1.63. The molecule has 0 spiro atoms. The van der Waals surface area contributed by atoms with Crippen molar-refractivity contribution < 1.29 is 0 Å². The zero-order valence-corrected chi connectivity index (χ0v) is 12.3. The van der Waals surface area contributed by atoms with Gasteiger partial charge in [0.25, 0.3) is 0 Å². The van der Waals surface area contributed by atoms with Crippen LogP contribution in [0.1, 0.15) is 18.3 Å². The maximum atomic E-state index is 4.41. The van der Waals surface area contributed by atoms with Gasteiger partial charge in [0.2, 0.25) is 0 Å². The van der Waals surface area contributed by atoms with Crippen molar-refractivity contribution in [1.82, 2.24) is 19.6 Å². The van der Waals surface area contributed by atoms with Crippen molar-refractivity contribution in [1.29, 1.82) is 0 Å². The summed E-state index contributed by atoms with van der Waals surface area (Å²) in [6.07, 6.45) is 0. The van der Waals surface area contributed by atoms with Crippen LogP contribution < -0.4 is 0 Å². The average Bonchev–Trinajstić information content (AvgIpc) is 2.71. The van der Waals surface area contributed by atoms with Gasteiger partial charge in [0, 0.05) is 12.6 Å². The molecule has 0 N–H and O–H groups in total. The molecule has 0 aromatic carbocycles. The van der Waals surface area contributed by atoms with Gasteiger partial charge in [0.1, 0.15) is 9.21 Å². The zero-order valence-electron chi connectivity index (χ0n) is 9.11. The highest BCUT2D eigenvalue weighted by molar-refractivity contribution is 9.11. The Balaban J connectivity index is 2.29. The summed E-state index contributed by atoms with van der Waals surface area (Å²) in [6, 6.07) is 4.02. The minimum atomic E-state index is 0.723. The molecular formula is C10H12Br2N4. The second-order valence-electron chi connectivity index (χ2n) is 3.54. The topological polar surface area (TPSA) is 35.6 Å². The fraction of sp³-hybridized carbons (Fsp3) is 0.400. The van der Waals surface area contributed by atoms with Crippen molar-refractivity contribution in [3.63, 3.8) is 0 Å². The van der Waals surface area contributed by atoms with Gasteiger partial charge >= 0.3 is 0 Å². The van der Waals surface area contributed by atoms with Crippen LogP contribution in [0.5, 0.6) is 0 Å². The van der Waals surface area contributed by atoms with Gasteiger partial charge in [-0.2, -0.15) is 10.2 Å². The molecule has 2 aromatic heterocycles. The van der Waals surface area contributed by atoms with E-state index in [1.165, 1.54) is 0 Å². The van der Waals surface area contributed by atoms with Crippen molar-refractivity contribution >= 4 is 31.9 Å². The summed E-state index contributed by atoms with van der Waals surface area (Å²) in [6.45, 7) is 5.69. The predicted molar refractivity (Wildman–Crippen MR) is 69.4 cm³/mol.